The van der Waals surface area contributed by atoms with Gasteiger partial charge in [-0.3, -0.25) is 0 Å². The molecule has 1 aromatic carbocycles. The van der Waals surface area contributed by atoms with E-state index in [2.05, 4.69) is 0 Å². The van der Waals surface area contributed by atoms with Crippen molar-refractivity contribution < 1.29 is 27.5 Å². The van der Waals surface area contributed by atoms with Gasteiger partial charge in [-0.2, -0.15) is 0 Å². The van der Waals surface area contributed by atoms with Gasteiger partial charge in [0.2, 0.25) is 5.76 Å². The number of sulfone groups is 1. The van der Waals surface area contributed by atoms with Crippen molar-refractivity contribution in [3.63, 3.8) is 0 Å². The Morgan fingerprint density at radius 1 is 1.33 bits per heavy atom. The number of aromatic carboxylic acids is 1. The first-order valence-corrected chi connectivity index (χ1v) is 7.92. The van der Waals surface area contributed by atoms with Crippen molar-refractivity contribution in [3.8, 4) is 5.75 Å². The van der Waals surface area contributed by atoms with Crippen LogP contribution in [0, 0.1) is 6.92 Å². The molecular weight excluding hydrogens is 296 g/mol. The average molecular weight is 310 g/mol. The third kappa shape index (κ3) is 3.63. The highest BCUT2D eigenvalue weighted by atomic mass is 32.2. The zero-order chi connectivity index (χ0) is 15.6. The highest BCUT2D eigenvalue weighted by molar-refractivity contribution is 7.90. The van der Waals surface area contributed by atoms with Crippen LogP contribution in [-0.4, -0.2) is 25.7 Å². The smallest absolute Gasteiger partial charge is 0.371 e. The molecule has 7 heteroatoms. The Balaban J connectivity index is 2.15. The molecule has 0 aliphatic carbocycles. The number of hydrogen-bond acceptors (Lipinski definition) is 5. The van der Waals surface area contributed by atoms with E-state index in [1.807, 2.05) is 0 Å². The second-order valence-electron chi connectivity index (χ2n) is 4.53. The van der Waals surface area contributed by atoms with Crippen LogP contribution in [0.25, 0.3) is 0 Å². The maximum Gasteiger partial charge on any atom is 0.371 e. The minimum Gasteiger partial charge on any atom is -0.489 e. The van der Waals surface area contributed by atoms with E-state index in [0.29, 0.717) is 17.1 Å². The number of carboxylic acid groups (broad SMARTS) is 1. The number of carboxylic acids is 1. The Morgan fingerprint density at radius 2 is 2.05 bits per heavy atom. The molecular formula is C14H14O6S. The Morgan fingerprint density at radius 3 is 2.62 bits per heavy atom. The first kappa shape index (κ1) is 15.1. The summed E-state index contributed by atoms with van der Waals surface area (Å²) in [6, 6.07) is 7.49. The van der Waals surface area contributed by atoms with Crippen LogP contribution in [0.3, 0.4) is 0 Å². The van der Waals surface area contributed by atoms with Crippen LogP contribution in [0.15, 0.2) is 39.6 Å². The van der Waals surface area contributed by atoms with E-state index < -0.39 is 15.8 Å². The minimum atomic E-state index is -3.30. The molecule has 0 unspecified atom stereocenters. The van der Waals surface area contributed by atoms with Crippen LogP contribution >= 0.6 is 0 Å². The molecule has 0 amide bonds. The van der Waals surface area contributed by atoms with Crippen molar-refractivity contribution in [2.75, 3.05) is 6.26 Å². The standard InChI is InChI=1S/C14H14O6S/c1-9-10(6-13(20-9)14(15)16)8-19-11-4-3-5-12(7-11)21(2,17)18/h3-7H,8H2,1-2H3,(H,15,16). The van der Waals surface area contributed by atoms with E-state index in [9.17, 15) is 13.2 Å². The Bertz CT molecular complexity index is 773. The molecule has 1 heterocycles. The van der Waals surface area contributed by atoms with Crippen LogP contribution in [0.1, 0.15) is 21.9 Å². The predicted molar refractivity (Wildman–Crippen MR) is 74.3 cm³/mol. The molecule has 0 atom stereocenters. The molecule has 0 fully saturated rings. The summed E-state index contributed by atoms with van der Waals surface area (Å²) in [5, 5.41) is 8.83. The number of aryl methyl sites for hydroxylation is 1. The molecule has 0 aliphatic rings. The van der Waals surface area contributed by atoms with Gasteiger partial charge < -0.3 is 14.3 Å². The van der Waals surface area contributed by atoms with Crippen LogP contribution < -0.4 is 4.74 Å². The summed E-state index contributed by atoms with van der Waals surface area (Å²) < 4.78 is 33.5. The van der Waals surface area contributed by atoms with Gasteiger partial charge in [0.25, 0.3) is 0 Å². The van der Waals surface area contributed by atoms with Crippen molar-refractivity contribution in [1.29, 1.82) is 0 Å². The summed E-state index contributed by atoms with van der Waals surface area (Å²) in [5.74, 6) is -0.471. The van der Waals surface area contributed by atoms with Crippen molar-refractivity contribution in [2.24, 2.45) is 0 Å². The molecule has 2 aromatic rings. The second kappa shape index (κ2) is 5.61. The van der Waals surface area contributed by atoms with Crippen LogP contribution in [0.5, 0.6) is 5.75 Å². The number of carbonyl (C=O) groups is 1. The molecule has 21 heavy (non-hydrogen) atoms. The highest BCUT2D eigenvalue weighted by Gasteiger charge is 2.14. The fourth-order valence-electron chi connectivity index (χ4n) is 1.72. The van der Waals surface area contributed by atoms with E-state index in [4.69, 9.17) is 14.3 Å². The van der Waals surface area contributed by atoms with Gasteiger partial charge in [-0.25, -0.2) is 13.2 Å². The fraction of sp³-hybridized carbons (Fsp3) is 0.214. The summed E-state index contributed by atoms with van der Waals surface area (Å²) in [6.45, 7) is 1.73. The summed E-state index contributed by atoms with van der Waals surface area (Å²) >= 11 is 0. The van der Waals surface area contributed by atoms with Gasteiger partial charge in [-0.1, -0.05) is 6.07 Å². The zero-order valence-electron chi connectivity index (χ0n) is 11.5. The lowest BCUT2D eigenvalue weighted by molar-refractivity contribution is 0.0661. The minimum absolute atomic E-state index is 0.0931. The molecule has 0 spiro atoms. The van der Waals surface area contributed by atoms with Gasteiger partial charge in [-0.05, 0) is 31.2 Å². The third-order valence-corrected chi connectivity index (χ3v) is 3.97. The Hall–Kier alpha value is -2.28. The highest BCUT2D eigenvalue weighted by Crippen LogP contribution is 2.21. The Kier molecular flexibility index (Phi) is 4.04. The summed E-state index contributed by atoms with van der Waals surface area (Å²) in [5.41, 5.74) is 0.595. The van der Waals surface area contributed by atoms with E-state index in [1.165, 1.54) is 18.2 Å². The van der Waals surface area contributed by atoms with E-state index in [-0.39, 0.29) is 17.3 Å². The molecule has 0 aliphatic heterocycles. The SMILES string of the molecule is Cc1oc(C(=O)O)cc1COc1cccc(S(C)(=O)=O)c1. The molecule has 112 valence electrons. The van der Waals surface area contributed by atoms with E-state index in [1.54, 1.807) is 19.1 Å². The summed E-state index contributed by atoms with van der Waals surface area (Å²) in [4.78, 5) is 11.0. The second-order valence-corrected chi connectivity index (χ2v) is 6.55. The lowest BCUT2D eigenvalue weighted by atomic mass is 10.2. The lowest BCUT2D eigenvalue weighted by Gasteiger charge is -2.06. The van der Waals surface area contributed by atoms with E-state index >= 15 is 0 Å². The van der Waals surface area contributed by atoms with Crippen LogP contribution in [0.4, 0.5) is 0 Å². The van der Waals surface area contributed by atoms with Gasteiger partial charge in [0.05, 0.1) is 4.90 Å². The molecule has 1 aromatic heterocycles. The largest absolute Gasteiger partial charge is 0.489 e. The van der Waals surface area contributed by atoms with Gasteiger partial charge in [0, 0.05) is 11.8 Å². The molecule has 0 saturated carbocycles. The number of ether oxygens (including phenoxy) is 1. The summed E-state index contributed by atoms with van der Waals surface area (Å²) in [7, 11) is -3.30. The maximum absolute atomic E-state index is 11.5. The zero-order valence-corrected chi connectivity index (χ0v) is 12.3. The van der Waals surface area contributed by atoms with Crippen molar-refractivity contribution >= 4 is 15.8 Å². The fourth-order valence-corrected chi connectivity index (χ4v) is 2.38. The first-order chi connectivity index (χ1) is 9.77. The number of hydrogen-bond donors (Lipinski definition) is 1. The lowest BCUT2D eigenvalue weighted by Crippen LogP contribution is -1.99. The van der Waals surface area contributed by atoms with Crippen LogP contribution in [0.2, 0.25) is 0 Å². The molecule has 0 radical (unpaired) electrons. The average Bonchev–Trinajstić information content (AvgIpc) is 2.77. The normalized spacial score (nSPS) is 11.3. The van der Waals surface area contributed by atoms with Gasteiger partial charge in [-0.15, -0.1) is 0 Å². The van der Waals surface area contributed by atoms with Gasteiger partial charge in [0.1, 0.15) is 18.1 Å². The van der Waals surface area contributed by atoms with E-state index in [0.717, 1.165) is 6.26 Å². The topological polar surface area (TPSA) is 93.8 Å². The molecule has 1 N–H and O–H groups in total. The molecule has 2 rings (SSSR count). The summed E-state index contributed by atoms with van der Waals surface area (Å²) in [6.07, 6.45) is 1.12. The van der Waals surface area contributed by atoms with Crippen molar-refractivity contribution in [1.82, 2.24) is 0 Å². The first-order valence-electron chi connectivity index (χ1n) is 6.03. The number of benzene rings is 1. The Labute approximate surface area is 121 Å². The molecule has 0 saturated heterocycles. The van der Waals surface area contributed by atoms with Crippen molar-refractivity contribution in [2.45, 2.75) is 18.4 Å². The molecule has 0 bridgehead atoms. The quantitative estimate of drug-likeness (QED) is 0.910. The van der Waals surface area contributed by atoms with Crippen molar-refractivity contribution in [3.05, 3.63) is 47.4 Å². The maximum atomic E-state index is 11.5. The van der Waals surface area contributed by atoms with Gasteiger partial charge in [0.15, 0.2) is 9.84 Å². The van der Waals surface area contributed by atoms with Crippen LogP contribution in [-0.2, 0) is 16.4 Å². The number of furan rings is 1. The number of rotatable bonds is 5. The third-order valence-electron chi connectivity index (χ3n) is 2.86. The molecule has 6 nitrogen and oxygen atoms in total. The predicted octanol–water partition coefficient (Wildman–Crippen LogP) is 2.27. The van der Waals surface area contributed by atoms with Gasteiger partial charge >= 0.3 is 5.97 Å². The monoisotopic (exact) mass is 310 g/mol.